The van der Waals surface area contributed by atoms with Crippen LogP contribution < -0.4 is 9.80 Å². The summed E-state index contributed by atoms with van der Waals surface area (Å²) in [5.41, 5.74) is 3.45. The Morgan fingerprint density at radius 3 is 2.59 bits per heavy atom. The molecule has 7 nitrogen and oxygen atoms in total. The molecule has 150 valence electrons. The number of hydrogen-bond donors (Lipinski definition) is 1. The van der Waals surface area contributed by atoms with Crippen LogP contribution >= 0.6 is 0 Å². The van der Waals surface area contributed by atoms with E-state index in [1.54, 1.807) is 10.7 Å². The Balaban J connectivity index is 1.35. The number of rotatable bonds is 4. The van der Waals surface area contributed by atoms with Crippen molar-refractivity contribution in [3.8, 4) is 0 Å². The first-order valence-electron chi connectivity index (χ1n) is 9.97. The quantitative estimate of drug-likeness (QED) is 0.733. The maximum absolute atomic E-state index is 13.5. The van der Waals surface area contributed by atoms with Gasteiger partial charge in [-0.1, -0.05) is 0 Å². The average Bonchev–Trinajstić information content (AvgIpc) is 3.46. The lowest BCUT2D eigenvalue weighted by Crippen LogP contribution is -2.21. The van der Waals surface area contributed by atoms with Gasteiger partial charge < -0.3 is 14.9 Å². The minimum Gasteiger partial charge on any atom is -0.391 e. The number of aliphatic hydroxyl groups excluding tert-OH is 1. The molecule has 5 heterocycles. The lowest BCUT2D eigenvalue weighted by atomic mass is 10.3. The Morgan fingerprint density at radius 2 is 1.86 bits per heavy atom. The van der Waals surface area contributed by atoms with Crippen molar-refractivity contribution >= 4 is 29.3 Å². The minimum absolute atomic E-state index is 0.251. The van der Waals surface area contributed by atoms with E-state index in [1.807, 2.05) is 47.5 Å². The monoisotopic (exact) mass is 394 g/mol. The molecule has 2 aliphatic heterocycles. The molecule has 2 atom stereocenters. The zero-order chi connectivity index (χ0) is 19.8. The Morgan fingerprint density at radius 1 is 0.966 bits per heavy atom. The Hall–Kier alpha value is -3.00. The Labute approximate surface area is 168 Å². The van der Waals surface area contributed by atoms with Gasteiger partial charge in [0.25, 0.3) is 0 Å². The molecule has 2 unspecified atom stereocenters. The van der Waals surface area contributed by atoms with E-state index in [0.29, 0.717) is 26.1 Å². The summed E-state index contributed by atoms with van der Waals surface area (Å²) in [6, 6.07) is 7.78. The van der Waals surface area contributed by atoms with Gasteiger partial charge in [0.05, 0.1) is 42.1 Å². The Kier molecular flexibility index (Phi) is 4.63. The van der Waals surface area contributed by atoms with E-state index in [4.69, 9.17) is 0 Å². The SMILES string of the molecule is OC1CCN(c2ccc(/C=C/c3cnc4ccc(N5CCC(F)C5)nn34)nc2)C1. The molecular formula is C21H23FN6O. The summed E-state index contributed by atoms with van der Waals surface area (Å²) in [6.07, 6.45) is 7.77. The highest BCUT2D eigenvalue weighted by molar-refractivity contribution is 5.68. The van der Waals surface area contributed by atoms with Crippen LogP contribution in [0.15, 0.2) is 36.7 Å². The largest absolute Gasteiger partial charge is 0.391 e. The molecule has 0 aromatic carbocycles. The van der Waals surface area contributed by atoms with Gasteiger partial charge in [0.2, 0.25) is 0 Å². The molecule has 0 spiro atoms. The highest BCUT2D eigenvalue weighted by atomic mass is 19.1. The van der Waals surface area contributed by atoms with Crippen molar-refractivity contribution in [3.63, 3.8) is 0 Å². The third-order valence-electron chi connectivity index (χ3n) is 5.55. The predicted molar refractivity (Wildman–Crippen MR) is 111 cm³/mol. The summed E-state index contributed by atoms with van der Waals surface area (Å²) in [7, 11) is 0. The molecule has 0 saturated carbocycles. The molecule has 5 rings (SSSR count). The number of imidazole rings is 1. The summed E-state index contributed by atoms with van der Waals surface area (Å²) in [4.78, 5) is 13.0. The first-order chi connectivity index (χ1) is 14.2. The molecule has 1 N–H and O–H groups in total. The lowest BCUT2D eigenvalue weighted by Gasteiger charge is -2.17. The standard InChI is InChI=1S/C21H23FN6O/c22-15-7-9-27(13-15)21-6-5-20-24-12-18(28(20)25-21)4-2-16-1-3-17(11-23-16)26-10-8-19(29)14-26/h1-6,11-12,15,19,29H,7-10,13-14H2/b4-2+. The zero-order valence-corrected chi connectivity index (χ0v) is 16.0. The van der Waals surface area contributed by atoms with Crippen LogP contribution in [0.2, 0.25) is 0 Å². The fourth-order valence-electron chi connectivity index (χ4n) is 3.92. The maximum Gasteiger partial charge on any atom is 0.154 e. The van der Waals surface area contributed by atoms with Crippen LogP contribution in [0.25, 0.3) is 17.8 Å². The van der Waals surface area contributed by atoms with Crippen molar-refractivity contribution in [2.45, 2.75) is 25.1 Å². The number of halogens is 1. The summed E-state index contributed by atoms with van der Waals surface area (Å²) in [5, 5.41) is 14.3. The highest BCUT2D eigenvalue weighted by Crippen LogP contribution is 2.22. The van der Waals surface area contributed by atoms with Gasteiger partial charge >= 0.3 is 0 Å². The number of fused-ring (bicyclic) bond motifs is 1. The summed E-state index contributed by atoms with van der Waals surface area (Å²) >= 11 is 0. The number of aromatic nitrogens is 4. The molecule has 3 aromatic heterocycles. The number of aliphatic hydroxyl groups is 1. The molecule has 2 aliphatic rings. The van der Waals surface area contributed by atoms with Crippen LogP contribution in [0.4, 0.5) is 15.9 Å². The molecule has 0 radical (unpaired) electrons. The van der Waals surface area contributed by atoms with Crippen molar-refractivity contribution in [3.05, 3.63) is 48.0 Å². The second kappa shape index (κ2) is 7.44. The fraction of sp³-hybridized carbons (Fsp3) is 0.381. The summed E-state index contributed by atoms with van der Waals surface area (Å²) < 4.78 is 15.3. The Bertz CT molecular complexity index is 1030. The topological polar surface area (TPSA) is 69.8 Å². The van der Waals surface area contributed by atoms with Gasteiger partial charge in [-0.15, -0.1) is 5.10 Å². The van der Waals surface area contributed by atoms with E-state index in [2.05, 4.69) is 20.0 Å². The van der Waals surface area contributed by atoms with E-state index < -0.39 is 6.17 Å². The fourth-order valence-corrected chi connectivity index (χ4v) is 3.92. The van der Waals surface area contributed by atoms with E-state index >= 15 is 0 Å². The van der Waals surface area contributed by atoms with Crippen molar-refractivity contribution in [1.29, 1.82) is 0 Å². The van der Waals surface area contributed by atoms with E-state index in [0.717, 1.165) is 41.5 Å². The molecule has 8 heteroatoms. The van der Waals surface area contributed by atoms with Gasteiger partial charge in [0.1, 0.15) is 12.0 Å². The van der Waals surface area contributed by atoms with E-state index in [-0.39, 0.29) is 6.10 Å². The second-order valence-corrected chi connectivity index (χ2v) is 7.64. The van der Waals surface area contributed by atoms with Gasteiger partial charge in [0, 0.05) is 19.6 Å². The van der Waals surface area contributed by atoms with E-state index in [1.165, 1.54) is 0 Å². The van der Waals surface area contributed by atoms with Crippen molar-refractivity contribution in [1.82, 2.24) is 19.6 Å². The van der Waals surface area contributed by atoms with Gasteiger partial charge in [-0.3, -0.25) is 4.98 Å². The lowest BCUT2D eigenvalue weighted by molar-refractivity contribution is 0.198. The number of nitrogens with zero attached hydrogens (tertiary/aromatic N) is 6. The third kappa shape index (κ3) is 3.67. The van der Waals surface area contributed by atoms with Crippen molar-refractivity contribution < 1.29 is 9.50 Å². The molecule has 0 bridgehead atoms. The smallest absolute Gasteiger partial charge is 0.154 e. The number of β-amino-alcohol motifs (C(OH)–C–C–N with tert-alkyl or cyclic N) is 1. The molecule has 29 heavy (non-hydrogen) atoms. The predicted octanol–water partition coefficient (Wildman–Crippen LogP) is 2.41. The van der Waals surface area contributed by atoms with Crippen molar-refractivity contribution in [2.24, 2.45) is 0 Å². The van der Waals surface area contributed by atoms with Crippen LogP contribution in [0.1, 0.15) is 24.2 Å². The number of hydrogen-bond acceptors (Lipinski definition) is 6. The average molecular weight is 394 g/mol. The number of pyridine rings is 1. The second-order valence-electron chi connectivity index (χ2n) is 7.64. The van der Waals surface area contributed by atoms with Gasteiger partial charge in [-0.2, -0.15) is 0 Å². The molecule has 2 saturated heterocycles. The van der Waals surface area contributed by atoms with Crippen LogP contribution in [0, 0.1) is 0 Å². The first kappa shape index (κ1) is 18.1. The van der Waals surface area contributed by atoms with Crippen LogP contribution in [-0.4, -0.2) is 63.1 Å². The van der Waals surface area contributed by atoms with Crippen LogP contribution in [0.3, 0.4) is 0 Å². The maximum atomic E-state index is 13.5. The zero-order valence-electron chi connectivity index (χ0n) is 16.0. The van der Waals surface area contributed by atoms with E-state index in [9.17, 15) is 9.50 Å². The number of alkyl halides is 1. The van der Waals surface area contributed by atoms with Gasteiger partial charge in [-0.25, -0.2) is 13.9 Å². The summed E-state index contributed by atoms with van der Waals surface area (Å²) in [6.45, 7) is 2.59. The first-order valence-corrected chi connectivity index (χ1v) is 9.97. The summed E-state index contributed by atoms with van der Waals surface area (Å²) in [5.74, 6) is 0.764. The molecule has 3 aromatic rings. The molecule has 0 amide bonds. The normalized spacial score (nSPS) is 22.4. The van der Waals surface area contributed by atoms with Gasteiger partial charge in [0.15, 0.2) is 5.65 Å². The highest BCUT2D eigenvalue weighted by Gasteiger charge is 2.23. The van der Waals surface area contributed by atoms with Crippen molar-refractivity contribution in [2.75, 3.05) is 36.0 Å². The third-order valence-corrected chi connectivity index (χ3v) is 5.55. The molecule has 0 aliphatic carbocycles. The van der Waals surface area contributed by atoms with Gasteiger partial charge in [-0.05, 0) is 49.3 Å². The number of anilines is 2. The molecular weight excluding hydrogens is 371 g/mol. The minimum atomic E-state index is -0.785. The van der Waals surface area contributed by atoms with Crippen LogP contribution in [-0.2, 0) is 0 Å². The van der Waals surface area contributed by atoms with Crippen LogP contribution in [0.5, 0.6) is 0 Å². The molecule has 2 fully saturated rings.